The van der Waals surface area contributed by atoms with Crippen LogP contribution in [0.2, 0.25) is 0 Å². The first-order valence-electron chi connectivity index (χ1n) is 9.48. The highest BCUT2D eigenvalue weighted by atomic mass is 16.4. The summed E-state index contributed by atoms with van der Waals surface area (Å²) in [7, 11) is 0. The normalized spacial score (nSPS) is 12.6. The van der Waals surface area contributed by atoms with Crippen molar-refractivity contribution in [1.82, 2.24) is 4.98 Å². The second kappa shape index (κ2) is 9.15. The molecule has 1 atom stereocenters. The second-order valence-corrected chi connectivity index (χ2v) is 7.16. The number of carboxylic acids is 1. The van der Waals surface area contributed by atoms with E-state index in [9.17, 15) is 10.0 Å². The third kappa shape index (κ3) is 5.08. The lowest BCUT2D eigenvalue weighted by Crippen LogP contribution is -2.12. The van der Waals surface area contributed by atoms with Crippen molar-refractivity contribution in [2.24, 2.45) is 5.16 Å². The Labute approximate surface area is 170 Å². The van der Waals surface area contributed by atoms with Crippen molar-refractivity contribution in [2.45, 2.75) is 32.6 Å². The van der Waals surface area contributed by atoms with Gasteiger partial charge in [-0.1, -0.05) is 53.7 Å². The molecule has 0 fully saturated rings. The van der Waals surface area contributed by atoms with Crippen LogP contribution in [-0.4, -0.2) is 27.0 Å². The highest BCUT2D eigenvalue weighted by Gasteiger charge is 2.21. The van der Waals surface area contributed by atoms with E-state index in [0.717, 1.165) is 33.5 Å². The Balaban J connectivity index is 2.05. The van der Waals surface area contributed by atoms with Gasteiger partial charge >= 0.3 is 5.97 Å². The molecule has 1 heterocycles. The summed E-state index contributed by atoms with van der Waals surface area (Å²) in [5.41, 5.74) is 6.21. The van der Waals surface area contributed by atoms with E-state index in [0.29, 0.717) is 12.1 Å². The molecule has 5 nitrogen and oxygen atoms in total. The van der Waals surface area contributed by atoms with Crippen LogP contribution in [0.3, 0.4) is 0 Å². The first kappa shape index (κ1) is 20.3. The topological polar surface area (TPSA) is 82.8 Å². The number of aliphatic carboxylic acids is 1. The molecule has 0 aliphatic heterocycles. The molecule has 1 aromatic heterocycles. The lowest BCUT2D eigenvalue weighted by molar-refractivity contribution is -0.136. The van der Waals surface area contributed by atoms with E-state index >= 15 is 0 Å². The second-order valence-electron chi connectivity index (χ2n) is 7.16. The predicted molar refractivity (Wildman–Crippen MR) is 113 cm³/mol. The van der Waals surface area contributed by atoms with Crippen molar-refractivity contribution < 1.29 is 15.1 Å². The molecule has 2 N–H and O–H groups in total. The summed E-state index contributed by atoms with van der Waals surface area (Å²) in [5, 5.41) is 22.5. The molecule has 1 unspecified atom stereocenters. The van der Waals surface area contributed by atoms with Crippen LogP contribution in [0.5, 0.6) is 0 Å². The zero-order chi connectivity index (χ0) is 20.8. The molecule has 0 spiro atoms. The van der Waals surface area contributed by atoms with E-state index in [1.54, 1.807) is 6.20 Å². The van der Waals surface area contributed by atoms with Crippen molar-refractivity contribution in [3.63, 3.8) is 0 Å². The fourth-order valence-corrected chi connectivity index (χ4v) is 3.61. The summed E-state index contributed by atoms with van der Waals surface area (Å²) in [5.74, 6) is -0.941. The minimum atomic E-state index is -0.862. The molecule has 0 amide bonds. The molecule has 0 aliphatic carbocycles. The van der Waals surface area contributed by atoms with Crippen LogP contribution >= 0.6 is 0 Å². The maximum atomic E-state index is 11.2. The Hall–Kier alpha value is -3.47. The number of nitrogens with zero attached hydrogens (tertiary/aromatic N) is 2. The Morgan fingerprint density at radius 1 is 1.07 bits per heavy atom. The lowest BCUT2D eigenvalue weighted by atomic mass is 9.83. The number of rotatable bonds is 7. The van der Waals surface area contributed by atoms with Crippen LogP contribution in [0.4, 0.5) is 0 Å². The average Bonchev–Trinajstić information content (AvgIpc) is 2.69. The zero-order valence-corrected chi connectivity index (χ0v) is 16.5. The van der Waals surface area contributed by atoms with E-state index < -0.39 is 5.97 Å². The molecule has 3 aromatic rings. The monoisotopic (exact) mass is 388 g/mol. The minimum Gasteiger partial charge on any atom is -0.481 e. The predicted octanol–water partition coefficient (Wildman–Crippen LogP) is 4.73. The molecule has 148 valence electrons. The van der Waals surface area contributed by atoms with Gasteiger partial charge in [-0.2, -0.15) is 0 Å². The van der Waals surface area contributed by atoms with Crippen LogP contribution in [0.1, 0.15) is 45.8 Å². The molecule has 5 heteroatoms. The maximum absolute atomic E-state index is 11.2. The number of pyridine rings is 1. The van der Waals surface area contributed by atoms with Gasteiger partial charge in [0.05, 0.1) is 12.1 Å². The maximum Gasteiger partial charge on any atom is 0.307 e. The summed E-state index contributed by atoms with van der Waals surface area (Å²) in [6, 6.07) is 19.4. The van der Waals surface area contributed by atoms with Gasteiger partial charge in [-0.05, 0) is 48.2 Å². The fourth-order valence-electron chi connectivity index (χ4n) is 3.61. The smallest absolute Gasteiger partial charge is 0.307 e. The summed E-state index contributed by atoms with van der Waals surface area (Å²) in [4.78, 5) is 15.4. The van der Waals surface area contributed by atoms with Crippen molar-refractivity contribution in [3.8, 4) is 0 Å². The number of aromatic nitrogens is 1. The average molecular weight is 388 g/mol. The first-order chi connectivity index (χ1) is 14.0. The third-order valence-electron chi connectivity index (χ3n) is 5.02. The van der Waals surface area contributed by atoms with Crippen LogP contribution in [0.25, 0.3) is 0 Å². The molecule has 3 rings (SSSR count). The highest BCUT2D eigenvalue weighted by Crippen LogP contribution is 2.32. The SMILES string of the molecule is Cc1cc(/C(CC(c2cccc(CC(=O)O)c2)c2ccccc2C)=N/O)ccn1. The molecule has 0 saturated carbocycles. The van der Waals surface area contributed by atoms with Crippen LogP contribution < -0.4 is 0 Å². The van der Waals surface area contributed by atoms with E-state index in [-0.39, 0.29) is 12.3 Å². The molecular weight excluding hydrogens is 364 g/mol. The van der Waals surface area contributed by atoms with Gasteiger partial charge in [0.25, 0.3) is 0 Å². The number of carboxylic acid groups (broad SMARTS) is 1. The van der Waals surface area contributed by atoms with Gasteiger partial charge < -0.3 is 10.3 Å². The van der Waals surface area contributed by atoms with Crippen molar-refractivity contribution in [3.05, 3.63) is 100 Å². The number of hydrogen-bond donors (Lipinski definition) is 2. The van der Waals surface area contributed by atoms with Crippen LogP contribution in [0.15, 0.2) is 72.0 Å². The molecule has 0 saturated heterocycles. The Morgan fingerprint density at radius 3 is 2.55 bits per heavy atom. The molecule has 29 heavy (non-hydrogen) atoms. The molecule has 2 aromatic carbocycles. The molecular formula is C24H24N2O3. The summed E-state index contributed by atoms with van der Waals surface area (Å²) < 4.78 is 0. The first-order valence-corrected chi connectivity index (χ1v) is 9.48. The van der Waals surface area contributed by atoms with Gasteiger partial charge in [-0.15, -0.1) is 0 Å². The number of benzene rings is 2. The Morgan fingerprint density at radius 2 is 1.86 bits per heavy atom. The summed E-state index contributed by atoms with van der Waals surface area (Å²) >= 11 is 0. The van der Waals surface area contributed by atoms with Gasteiger partial charge in [0.15, 0.2) is 0 Å². The van der Waals surface area contributed by atoms with Gasteiger partial charge in [0.1, 0.15) is 0 Å². The number of oxime groups is 1. The van der Waals surface area contributed by atoms with E-state index in [1.807, 2.05) is 55.5 Å². The van der Waals surface area contributed by atoms with Crippen LogP contribution in [0, 0.1) is 13.8 Å². The summed E-state index contributed by atoms with van der Waals surface area (Å²) in [6.45, 7) is 3.95. The molecule has 0 radical (unpaired) electrons. The van der Waals surface area contributed by atoms with Gasteiger partial charge in [0, 0.05) is 29.8 Å². The quantitative estimate of drug-likeness (QED) is 0.348. The highest BCUT2D eigenvalue weighted by molar-refractivity contribution is 6.01. The lowest BCUT2D eigenvalue weighted by Gasteiger charge is -2.21. The van der Waals surface area contributed by atoms with Crippen molar-refractivity contribution >= 4 is 11.7 Å². The van der Waals surface area contributed by atoms with Gasteiger partial charge in [0.2, 0.25) is 0 Å². The Bertz CT molecular complexity index is 1040. The number of aryl methyl sites for hydroxylation is 2. The third-order valence-corrected chi connectivity index (χ3v) is 5.02. The van der Waals surface area contributed by atoms with Crippen LogP contribution in [-0.2, 0) is 11.2 Å². The van der Waals surface area contributed by atoms with Crippen molar-refractivity contribution in [2.75, 3.05) is 0 Å². The zero-order valence-electron chi connectivity index (χ0n) is 16.5. The molecule has 0 bridgehead atoms. The largest absolute Gasteiger partial charge is 0.481 e. The number of hydrogen-bond acceptors (Lipinski definition) is 4. The standard InChI is InChI=1S/C24H24N2O3/c1-16-6-3-4-9-21(16)22(19-8-5-7-18(13-19)14-24(27)28)15-23(26-29)20-10-11-25-17(2)12-20/h3-13,22,29H,14-15H2,1-2H3,(H,27,28)/b26-23+. The van der Waals surface area contributed by atoms with Gasteiger partial charge in [-0.25, -0.2) is 0 Å². The van der Waals surface area contributed by atoms with E-state index in [4.69, 9.17) is 5.11 Å². The molecule has 0 aliphatic rings. The number of carbonyl (C=O) groups is 1. The summed E-state index contributed by atoms with van der Waals surface area (Å²) in [6.07, 6.45) is 2.15. The van der Waals surface area contributed by atoms with Gasteiger partial charge in [-0.3, -0.25) is 9.78 Å². The Kier molecular flexibility index (Phi) is 6.39. The van der Waals surface area contributed by atoms with E-state index in [2.05, 4.69) is 29.2 Å². The fraction of sp³-hybridized carbons (Fsp3) is 0.208. The minimum absolute atomic E-state index is 0.0289. The van der Waals surface area contributed by atoms with Crippen molar-refractivity contribution in [1.29, 1.82) is 0 Å². The van der Waals surface area contributed by atoms with E-state index in [1.165, 1.54) is 0 Å².